The highest BCUT2D eigenvalue weighted by Gasteiger charge is 2.48. The minimum absolute atomic E-state index is 0.0609. The molecule has 0 saturated heterocycles. The largest absolute Gasteiger partial charge is 0.508 e. The van der Waals surface area contributed by atoms with E-state index >= 15 is 0 Å². The van der Waals surface area contributed by atoms with Crippen LogP contribution in [0.5, 0.6) is 5.75 Å². The molecule has 11 heteroatoms. The molecule has 2 aromatic carbocycles. The van der Waals surface area contributed by atoms with Gasteiger partial charge in [-0.2, -0.15) is 13.2 Å². The van der Waals surface area contributed by atoms with Gasteiger partial charge >= 0.3 is 12.1 Å². The van der Waals surface area contributed by atoms with E-state index in [-0.39, 0.29) is 10.6 Å². The average Bonchev–Trinajstić information content (AvgIpc) is 2.64. The number of esters is 1. The van der Waals surface area contributed by atoms with Crippen LogP contribution in [-0.4, -0.2) is 37.6 Å². The zero-order valence-corrected chi connectivity index (χ0v) is 18.5. The van der Waals surface area contributed by atoms with E-state index in [2.05, 4.69) is 4.72 Å². The summed E-state index contributed by atoms with van der Waals surface area (Å²) >= 11 is 0. The van der Waals surface area contributed by atoms with Crippen molar-refractivity contribution in [3.63, 3.8) is 0 Å². The third kappa shape index (κ3) is 5.78. The van der Waals surface area contributed by atoms with Gasteiger partial charge in [-0.25, -0.2) is 8.42 Å². The number of carbonyl (C=O) groups excluding carboxylic acids is 2. The Morgan fingerprint density at radius 2 is 1.69 bits per heavy atom. The minimum Gasteiger partial charge on any atom is -0.508 e. The van der Waals surface area contributed by atoms with Gasteiger partial charge < -0.3 is 9.84 Å². The smallest absolute Gasteiger partial charge is 0.451 e. The van der Waals surface area contributed by atoms with Crippen LogP contribution < -0.4 is 4.72 Å². The van der Waals surface area contributed by atoms with Gasteiger partial charge in [-0.05, 0) is 63.1 Å². The van der Waals surface area contributed by atoms with Gasteiger partial charge in [0.05, 0.1) is 11.0 Å². The predicted molar refractivity (Wildman–Crippen MR) is 110 cm³/mol. The molecule has 1 unspecified atom stereocenters. The second kappa shape index (κ2) is 9.19. The van der Waals surface area contributed by atoms with Crippen LogP contribution in [0, 0.1) is 13.8 Å². The van der Waals surface area contributed by atoms with Gasteiger partial charge in [0.25, 0.3) is 15.8 Å². The Bertz CT molecular complexity index is 1140. The number of rotatable bonds is 7. The highest BCUT2D eigenvalue weighted by molar-refractivity contribution is 7.92. The number of sulfonamides is 1. The molecule has 32 heavy (non-hydrogen) atoms. The van der Waals surface area contributed by atoms with E-state index in [0.29, 0.717) is 11.1 Å². The van der Waals surface area contributed by atoms with E-state index in [1.165, 1.54) is 19.9 Å². The van der Waals surface area contributed by atoms with Crippen molar-refractivity contribution in [2.45, 2.75) is 50.8 Å². The molecule has 174 valence electrons. The Balaban J connectivity index is 2.54. The molecule has 7 nitrogen and oxygen atoms in total. The van der Waals surface area contributed by atoms with Crippen LogP contribution in [0.15, 0.2) is 41.3 Å². The van der Waals surface area contributed by atoms with E-state index in [0.717, 1.165) is 18.2 Å². The number of ether oxygens (including phenoxy) is 1. The van der Waals surface area contributed by atoms with Gasteiger partial charge in [-0.15, -0.1) is 0 Å². The van der Waals surface area contributed by atoms with E-state index < -0.39 is 51.3 Å². The van der Waals surface area contributed by atoms with Crippen LogP contribution in [0.4, 0.5) is 18.9 Å². The van der Waals surface area contributed by atoms with Gasteiger partial charge in [0.1, 0.15) is 5.75 Å². The van der Waals surface area contributed by atoms with Crippen molar-refractivity contribution < 1.29 is 41.0 Å². The first kappa shape index (κ1) is 25.2. The molecule has 2 N–H and O–H groups in total. The fourth-order valence-electron chi connectivity index (χ4n) is 2.90. The first-order valence-electron chi connectivity index (χ1n) is 9.38. The first-order valence-corrected chi connectivity index (χ1v) is 10.9. The Kier molecular flexibility index (Phi) is 7.23. The summed E-state index contributed by atoms with van der Waals surface area (Å²) in [6.45, 7) is 6.00. The van der Waals surface area contributed by atoms with Crippen LogP contribution in [-0.2, 0) is 24.3 Å². The number of ketones is 1. The quantitative estimate of drug-likeness (QED) is 0.358. The van der Waals surface area contributed by atoms with Crippen molar-refractivity contribution in [2.24, 2.45) is 0 Å². The number of anilines is 1. The summed E-state index contributed by atoms with van der Waals surface area (Å²) in [4.78, 5) is 24.2. The van der Waals surface area contributed by atoms with E-state index in [9.17, 15) is 36.3 Å². The number of aryl methyl sites for hydroxylation is 2. The minimum atomic E-state index is -5.40. The molecule has 2 rings (SSSR count). The van der Waals surface area contributed by atoms with Crippen LogP contribution in [0.1, 0.15) is 36.5 Å². The topological polar surface area (TPSA) is 110 Å². The fraction of sp³-hybridized carbons (Fsp3) is 0.333. The molecule has 0 aliphatic heterocycles. The van der Waals surface area contributed by atoms with Crippen LogP contribution in [0.25, 0.3) is 0 Å². The Hall–Kier alpha value is -3.08. The Morgan fingerprint density at radius 1 is 1.06 bits per heavy atom. The maximum atomic E-state index is 13.1. The maximum Gasteiger partial charge on any atom is 0.451 e. The lowest BCUT2D eigenvalue weighted by atomic mass is 9.93. The number of hydrogen-bond acceptors (Lipinski definition) is 6. The maximum absolute atomic E-state index is 13.1. The summed E-state index contributed by atoms with van der Waals surface area (Å²) in [7, 11) is -4.16. The molecule has 2 aromatic rings. The molecule has 0 fully saturated rings. The normalized spacial score (nSPS) is 13.0. The number of phenols is 1. The molecule has 0 radical (unpaired) electrons. The lowest BCUT2D eigenvalue weighted by molar-refractivity contribution is -0.178. The molecule has 0 aliphatic carbocycles. The Morgan fingerprint density at radius 3 is 2.25 bits per heavy atom. The van der Waals surface area contributed by atoms with Gasteiger partial charge in [0.15, 0.2) is 5.92 Å². The lowest BCUT2D eigenvalue weighted by Gasteiger charge is -2.20. The second-order valence-electron chi connectivity index (χ2n) is 7.43. The molecular weight excluding hydrogens is 451 g/mol. The summed E-state index contributed by atoms with van der Waals surface area (Å²) in [6.07, 6.45) is -6.24. The number of phenolic OH excluding ortho intramolecular Hbond substituents is 1. The number of aromatic hydroxyl groups is 1. The van der Waals surface area contributed by atoms with Crippen LogP contribution in [0.3, 0.4) is 0 Å². The Labute approximate surface area is 183 Å². The molecule has 0 saturated carbocycles. The number of alkyl halides is 3. The monoisotopic (exact) mass is 473 g/mol. The van der Waals surface area contributed by atoms with Gasteiger partial charge in [0, 0.05) is 11.3 Å². The highest BCUT2D eigenvalue weighted by Crippen LogP contribution is 2.36. The zero-order valence-electron chi connectivity index (χ0n) is 17.6. The number of carbonyl (C=O) groups is 2. The van der Waals surface area contributed by atoms with Crippen molar-refractivity contribution >= 4 is 27.5 Å². The van der Waals surface area contributed by atoms with Crippen molar-refractivity contribution in [1.82, 2.24) is 0 Å². The molecular formula is C21H22F3NO6S. The SMILES string of the molecule is Cc1ccc(C)c(S(=O)(=O)Nc2ccc(O)c(C(C(=O)OC(C)C)C(=O)C(F)(F)F)c2)c1. The van der Waals surface area contributed by atoms with Gasteiger partial charge in [-0.3, -0.25) is 14.3 Å². The zero-order chi connectivity index (χ0) is 24.4. The third-order valence-corrected chi connectivity index (χ3v) is 5.88. The highest BCUT2D eigenvalue weighted by atomic mass is 32.2. The van der Waals surface area contributed by atoms with Crippen LogP contribution >= 0.6 is 0 Å². The van der Waals surface area contributed by atoms with Crippen molar-refractivity contribution in [3.8, 4) is 5.75 Å². The van der Waals surface area contributed by atoms with Gasteiger partial charge in [0.2, 0.25) is 0 Å². The summed E-state index contributed by atoms with van der Waals surface area (Å²) in [6, 6.07) is 7.48. The van der Waals surface area contributed by atoms with E-state index in [1.807, 2.05) is 0 Å². The summed E-state index contributed by atoms with van der Waals surface area (Å²) in [5.41, 5.74) is 0.0949. The van der Waals surface area contributed by atoms with E-state index in [1.54, 1.807) is 26.0 Å². The summed E-state index contributed by atoms with van der Waals surface area (Å²) < 4.78 is 72.0. The number of hydrogen-bond donors (Lipinski definition) is 2. The number of benzene rings is 2. The fourth-order valence-corrected chi connectivity index (χ4v) is 4.28. The van der Waals surface area contributed by atoms with Crippen molar-refractivity contribution in [1.29, 1.82) is 0 Å². The molecule has 1 atom stereocenters. The summed E-state index contributed by atoms with van der Waals surface area (Å²) in [5.74, 6) is -7.30. The standard InChI is InChI=1S/C21H22F3NO6S/c1-11(2)31-20(28)18(19(27)21(22,23)24)15-10-14(7-8-16(15)26)25-32(29,30)17-9-12(3)5-6-13(17)4/h5-11,18,25-26H,1-4H3. The average molecular weight is 473 g/mol. The first-order chi connectivity index (χ1) is 14.6. The van der Waals surface area contributed by atoms with E-state index in [4.69, 9.17) is 4.74 Å². The third-order valence-electron chi connectivity index (χ3n) is 4.35. The summed E-state index contributed by atoms with van der Waals surface area (Å²) in [5, 5.41) is 10.1. The molecule has 0 aromatic heterocycles. The predicted octanol–water partition coefficient (Wildman–Crippen LogP) is 3.98. The van der Waals surface area contributed by atoms with Crippen molar-refractivity contribution in [2.75, 3.05) is 4.72 Å². The molecule has 0 bridgehead atoms. The second-order valence-corrected chi connectivity index (χ2v) is 9.08. The van der Waals surface area contributed by atoms with Crippen molar-refractivity contribution in [3.05, 3.63) is 53.1 Å². The molecule has 0 aliphatic rings. The van der Waals surface area contributed by atoms with Crippen LogP contribution in [0.2, 0.25) is 0 Å². The molecule has 0 heterocycles. The number of halogens is 3. The number of nitrogens with one attached hydrogen (secondary N) is 1. The molecule has 0 amide bonds. The molecule has 0 spiro atoms. The van der Waals surface area contributed by atoms with Gasteiger partial charge in [-0.1, -0.05) is 12.1 Å². The number of Topliss-reactive ketones (excluding diaryl/α,β-unsaturated/α-hetero) is 1. The lowest BCUT2D eigenvalue weighted by Crippen LogP contribution is -2.35.